The molecule has 3 heteroatoms. The van der Waals surface area contributed by atoms with Gasteiger partial charge in [-0.2, -0.15) is 0 Å². The highest BCUT2D eigenvalue weighted by Gasteiger charge is 2.15. The van der Waals surface area contributed by atoms with Gasteiger partial charge in [-0.15, -0.1) is 11.3 Å². The first-order valence-electron chi connectivity index (χ1n) is 5.88. The van der Waals surface area contributed by atoms with E-state index in [0.29, 0.717) is 0 Å². The van der Waals surface area contributed by atoms with Gasteiger partial charge < -0.3 is 4.74 Å². The van der Waals surface area contributed by atoms with Crippen LogP contribution in [0.3, 0.4) is 0 Å². The van der Waals surface area contributed by atoms with Crippen LogP contribution < -0.4 is 4.74 Å². The number of rotatable bonds is 3. The normalized spacial score (nSPS) is 12.5. The maximum atomic E-state index is 5.41. The lowest BCUT2D eigenvalue weighted by Gasteiger charge is -2.14. The molecule has 0 saturated heterocycles. The fourth-order valence-electron chi connectivity index (χ4n) is 2.21. The lowest BCUT2D eigenvalue weighted by atomic mass is 10.0. The zero-order valence-electron chi connectivity index (χ0n) is 11.1. The molecule has 0 aliphatic heterocycles. The van der Waals surface area contributed by atoms with Crippen molar-refractivity contribution in [2.75, 3.05) is 7.11 Å². The average molecular weight is 325 g/mol. The van der Waals surface area contributed by atoms with Gasteiger partial charge in [-0.1, -0.05) is 28.1 Å². The average Bonchev–Trinajstić information content (AvgIpc) is 2.74. The number of aryl methyl sites for hydroxylation is 3. The molecule has 0 amide bonds. The predicted molar refractivity (Wildman–Crippen MR) is 82.3 cm³/mol. The second-order valence-corrected chi connectivity index (χ2v) is 6.73. The molecule has 1 aromatic heterocycles. The highest BCUT2D eigenvalue weighted by molar-refractivity contribution is 9.09. The second kappa shape index (κ2) is 5.45. The van der Waals surface area contributed by atoms with Crippen molar-refractivity contribution in [1.29, 1.82) is 0 Å². The second-order valence-electron chi connectivity index (χ2n) is 4.50. The van der Waals surface area contributed by atoms with Crippen LogP contribution in [0.2, 0.25) is 0 Å². The Hall–Kier alpha value is -0.800. The molecule has 2 rings (SSSR count). The molecule has 1 unspecified atom stereocenters. The molecule has 0 bridgehead atoms. The summed E-state index contributed by atoms with van der Waals surface area (Å²) in [6, 6.07) is 8.74. The number of thiophene rings is 1. The van der Waals surface area contributed by atoms with Crippen LogP contribution in [-0.4, -0.2) is 7.11 Å². The van der Waals surface area contributed by atoms with Crippen LogP contribution in [0.1, 0.15) is 31.3 Å². The summed E-state index contributed by atoms with van der Waals surface area (Å²) >= 11 is 5.63. The zero-order chi connectivity index (χ0) is 13.3. The molecule has 0 fully saturated rings. The van der Waals surface area contributed by atoms with Crippen LogP contribution in [0.25, 0.3) is 0 Å². The molecule has 0 spiro atoms. The highest BCUT2D eigenvalue weighted by atomic mass is 79.9. The van der Waals surface area contributed by atoms with E-state index >= 15 is 0 Å². The molecule has 0 aliphatic carbocycles. The predicted octanol–water partition coefficient (Wildman–Crippen LogP) is 5.17. The van der Waals surface area contributed by atoms with E-state index in [4.69, 9.17) is 4.74 Å². The highest BCUT2D eigenvalue weighted by Crippen LogP contribution is 2.37. The molecule has 0 radical (unpaired) electrons. The van der Waals surface area contributed by atoms with Gasteiger partial charge in [0.25, 0.3) is 0 Å². The van der Waals surface area contributed by atoms with Crippen molar-refractivity contribution in [2.24, 2.45) is 0 Å². The molecule has 1 nitrogen and oxygen atoms in total. The van der Waals surface area contributed by atoms with Gasteiger partial charge in [-0.3, -0.25) is 0 Å². The van der Waals surface area contributed by atoms with Crippen LogP contribution >= 0.6 is 27.3 Å². The van der Waals surface area contributed by atoms with E-state index in [0.717, 1.165) is 5.75 Å². The van der Waals surface area contributed by atoms with Gasteiger partial charge in [0, 0.05) is 9.75 Å². The summed E-state index contributed by atoms with van der Waals surface area (Å²) < 4.78 is 5.41. The molecule has 0 saturated carbocycles. The van der Waals surface area contributed by atoms with Crippen molar-refractivity contribution < 1.29 is 4.74 Å². The fraction of sp³-hybridized carbons (Fsp3) is 0.333. The van der Waals surface area contributed by atoms with Crippen molar-refractivity contribution in [3.8, 4) is 5.75 Å². The number of ether oxygens (including phenoxy) is 1. The van der Waals surface area contributed by atoms with E-state index < -0.39 is 0 Å². The van der Waals surface area contributed by atoms with Gasteiger partial charge >= 0.3 is 0 Å². The molecule has 0 N–H and O–H groups in total. The zero-order valence-corrected chi connectivity index (χ0v) is 13.5. The lowest BCUT2D eigenvalue weighted by molar-refractivity contribution is 0.408. The number of halogens is 1. The molecule has 0 aliphatic rings. The first-order chi connectivity index (χ1) is 8.52. The lowest BCUT2D eigenvalue weighted by Crippen LogP contribution is -1.96. The molecular formula is C15H17BrOS. The third-order valence-electron chi connectivity index (χ3n) is 2.99. The molecule has 1 aromatic carbocycles. The minimum absolute atomic E-state index is 0.263. The molecular weight excluding hydrogens is 308 g/mol. The van der Waals surface area contributed by atoms with E-state index in [2.05, 4.69) is 61.0 Å². The van der Waals surface area contributed by atoms with Gasteiger partial charge in [-0.25, -0.2) is 0 Å². The molecule has 96 valence electrons. The Morgan fingerprint density at radius 3 is 2.17 bits per heavy atom. The molecule has 18 heavy (non-hydrogen) atoms. The number of hydrogen-bond donors (Lipinski definition) is 0. The molecule has 2 aromatic rings. The van der Waals surface area contributed by atoms with Crippen LogP contribution in [0.4, 0.5) is 0 Å². The standard InChI is InChI=1S/C15H17BrOS/c1-9-7-12(8-10(2)15(9)17-4)14(16)13-6-5-11(3)18-13/h5-8,14H,1-4H3. The third kappa shape index (κ3) is 2.62. The topological polar surface area (TPSA) is 9.23 Å². The first-order valence-corrected chi connectivity index (χ1v) is 7.61. The minimum Gasteiger partial charge on any atom is -0.496 e. The summed E-state index contributed by atoms with van der Waals surface area (Å²) in [7, 11) is 1.73. The van der Waals surface area contributed by atoms with Crippen molar-refractivity contribution >= 4 is 27.3 Å². The smallest absolute Gasteiger partial charge is 0.124 e. The van der Waals surface area contributed by atoms with Crippen molar-refractivity contribution in [3.05, 3.63) is 50.7 Å². The van der Waals surface area contributed by atoms with Gasteiger partial charge in [-0.05, 0) is 49.6 Å². The summed E-state index contributed by atoms with van der Waals surface area (Å²) in [6.07, 6.45) is 0. The van der Waals surface area contributed by atoms with Gasteiger partial charge in [0.15, 0.2) is 0 Å². The minimum atomic E-state index is 0.263. The van der Waals surface area contributed by atoms with E-state index in [1.807, 2.05) is 11.3 Å². The van der Waals surface area contributed by atoms with E-state index in [1.54, 1.807) is 7.11 Å². The van der Waals surface area contributed by atoms with Crippen LogP contribution in [0.15, 0.2) is 24.3 Å². The summed E-state index contributed by atoms with van der Waals surface area (Å²) in [6.45, 7) is 6.32. The summed E-state index contributed by atoms with van der Waals surface area (Å²) in [5, 5.41) is 0. The van der Waals surface area contributed by atoms with Crippen molar-refractivity contribution in [1.82, 2.24) is 0 Å². The van der Waals surface area contributed by atoms with E-state index in [-0.39, 0.29) is 4.83 Å². The van der Waals surface area contributed by atoms with Crippen LogP contribution in [0, 0.1) is 20.8 Å². The first kappa shape index (κ1) is 13.6. The molecule has 1 heterocycles. The number of benzene rings is 1. The SMILES string of the molecule is COc1c(C)cc(C(Br)c2ccc(C)s2)cc1C. The maximum absolute atomic E-state index is 5.41. The summed E-state index contributed by atoms with van der Waals surface area (Å²) in [4.78, 5) is 2.95. The number of alkyl halides is 1. The largest absolute Gasteiger partial charge is 0.496 e. The number of methoxy groups -OCH3 is 1. The van der Waals surface area contributed by atoms with E-state index in [9.17, 15) is 0 Å². The van der Waals surface area contributed by atoms with Gasteiger partial charge in [0.05, 0.1) is 11.9 Å². The Morgan fingerprint density at radius 1 is 1.11 bits per heavy atom. The van der Waals surface area contributed by atoms with Crippen molar-refractivity contribution in [2.45, 2.75) is 25.6 Å². The third-order valence-corrected chi connectivity index (χ3v) is 5.38. The number of hydrogen-bond acceptors (Lipinski definition) is 2. The summed E-state index contributed by atoms with van der Waals surface area (Å²) in [5.74, 6) is 0.987. The monoisotopic (exact) mass is 324 g/mol. The van der Waals surface area contributed by atoms with Crippen LogP contribution in [0.5, 0.6) is 5.75 Å². The maximum Gasteiger partial charge on any atom is 0.124 e. The van der Waals surface area contributed by atoms with Crippen molar-refractivity contribution in [3.63, 3.8) is 0 Å². The van der Waals surface area contributed by atoms with E-state index in [1.165, 1.54) is 26.4 Å². The summed E-state index contributed by atoms with van der Waals surface area (Å²) in [5.41, 5.74) is 3.66. The van der Waals surface area contributed by atoms with Gasteiger partial charge in [0.1, 0.15) is 5.75 Å². The fourth-order valence-corrected chi connectivity index (χ4v) is 3.79. The molecule has 1 atom stereocenters. The Balaban J connectivity index is 2.40. The Labute approximate surface area is 121 Å². The quantitative estimate of drug-likeness (QED) is 0.708. The Morgan fingerprint density at radius 2 is 1.72 bits per heavy atom. The van der Waals surface area contributed by atoms with Crippen LogP contribution in [-0.2, 0) is 0 Å². The Kier molecular flexibility index (Phi) is 4.13. The Bertz CT molecular complexity index is 536. The van der Waals surface area contributed by atoms with Gasteiger partial charge in [0.2, 0.25) is 0 Å².